The molecule has 1 aliphatic rings. The Kier molecular flexibility index (Phi) is 6.14. The van der Waals surface area contributed by atoms with Gasteiger partial charge in [-0.3, -0.25) is 14.3 Å². The van der Waals surface area contributed by atoms with Gasteiger partial charge in [-0.05, 0) is 63.2 Å². The molecule has 3 heterocycles. The van der Waals surface area contributed by atoms with Gasteiger partial charge in [0, 0.05) is 35.4 Å². The average molecular weight is 415 g/mol. The van der Waals surface area contributed by atoms with Gasteiger partial charge in [0.05, 0.1) is 0 Å². The largest absolute Gasteiger partial charge is 0.324 e. The number of carbonyl (C=O) groups is 1. The molecule has 4 rings (SSSR count). The Bertz CT molecular complexity index is 1020. The minimum atomic E-state index is -0.698. The molecular weight excluding hydrogens is 392 g/mol. The number of hydrogen-bond donors (Lipinski definition) is 3. The highest BCUT2D eigenvalue weighted by molar-refractivity contribution is 5.97. The lowest BCUT2D eigenvalue weighted by Crippen LogP contribution is -2.52. The van der Waals surface area contributed by atoms with Crippen LogP contribution in [0.25, 0.3) is 11.4 Å². The number of nitrogens with zero attached hydrogens (tertiary/aromatic N) is 3. The number of rotatable bonds is 4. The number of aryl methyl sites for hydroxylation is 1. The molecule has 1 saturated heterocycles. The molecule has 1 fully saturated rings. The summed E-state index contributed by atoms with van der Waals surface area (Å²) in [6.07, 6.45) is 4.88. The molecule has 8 nitrogen and oxygen atoms in total. The van der Waals surface area contributed by atoms with Crippen LogP contribution in [0, 0.1) is 6.92 Å². The summed E-state index contributed by atoms with van der Waals surface area (Å²) < 4.78 is 1.76. The van der Waals surface area contributed by atoms with Gasteiger partial charge in [-0.2, -0.15) is 5.10 Å². The number of anilines is 1. The van der Waals surface area contributed by atoms with Gasteiger partial charge in [0.1, 0.15) is 11.4 Å². The zero-order valence-electron chi connectivity index (χ0n) is 16.0. The molecule has 0 bridgehead atoms. The number of carbonyl (C=O) groups excluding carboxylic acids is 1. The van der Waals surface area contributed by atoms with Crippen molar-refractivity contribution < 1.29 is 4.79 Å². The number of benzene rings is 1. The summed E-state index contributed by atoms with van der Waals surface area (Å²) in [6.45, 7) is 3.30. The normalized spacial score (nSPS) is 15.3. The van der Waals surface area contributed by atoms with Crippen LogP contribution in [0.4, 0.5) is 5.69 Å². The van der Waals surface area contributed by atoms with Gasteiger partial charge in [-0.15, -0.1) is 12.4 Å². The number of aromatic amines is 1. The number of hydrogen-bond acceptors (Lipinski definition) is 5. The number of piperidine rings is 1. The van der Waals surface area contributed by atoms with E-state index in [0.717, 1.165) is 18.7 Å². The van der Waals surface area contributed by atoms with Crippen LogP contribution in [-0.2, 0) is 10.3 Å². The monoisotopic (exact) mass is 414 g/mol. The zero-order chi connectivity index (χ0) is 19.6. The first-order valence-electron chi connectivity index (χ1n) is 9.28. The van der Waals surface area contributed by atoms with E-state index in [1.54, 1.807) is 17.8 Å². The Labute approximate surface area is 174 Å². The van der Waals surface area contributed by atoms with E-state index >= 15 is 0 Å². The molecule has 3 N–H and O–H groups in total. The molecule has 3 aromatic rings. The van der Waals surface area contributed by atoms with Gasteiger partial charge in [-0.25, -0.2) is 4.98 Å². The second-order valence-corrected chi connectivity index (χ2v) is 7.00. The maximum absolute atomic E-state index is 13.2. The second kappa shape index (κ2) is 8.59. The number of nitrogens with one attached hydrogen (secondary N) is 3. The van der Waals surface area contributed by atoms with Crippen molar-refractivity contribution in [1.29, 1.82) is 0 Å². The third-order valence-corrected chi connectivity index (χ3v) is 5.08. The predicted octanol–water partition coefficient (Wildman–Crippen LogP) is 2.08. The Balaban J connectivity index is 0.00000240. The molecule has 0 aliphatic carbocycles. The van der Waals surface area contributed by atoms with E-state index in [0.29, 0.717) is 30.0 Å². The Morgan fingerprint density at radius 3 is 2.55 bits per heavy atom. The average Bonchev–Trinajstić information content (AvgIpc) is 3.24. The topological polar surface area (TPSA) is 105 Å². The molecule has 0 radical (unpaired) electrons. The fraction of sp³-hybridized carbons (Fsp3) is 0.300. The van der Waals surface area contributed by atoms with Crippen LogP contribution in [0.3, 0.4) is 0 Å². The van der Waals surface area contributed by atoms with Crippen LogP contribution in [0.1, 0.15) is 18.5 Å². The fourth-order valence-electron chi connectivity index (χ4n) is 3.60. The molecule has 0 saturated carbocycles. The number of amides is 1. The van der Waals surface area contributed by atoms with Crippen molar-refractivity contribution in [3.63, 3.8) is 0 Å². The van der Waals surface area contributed by atoms with E-state index in [1.807, 2.05) is 36.5 Å². The summed E-state index contributed by atoms with van der Waals surface area (Å²) in [4.78, 5) is 31.9. The van der Waals surface area contributed by atoms with Crippen molar-refractivity contribution in [2.45, 2.75) is 25.3 Å². The third-order valence-electron chi connectivity index (χ3n) is 5.08. The van der Waals surface area contributed by atoms with Gasteiger partial charge in [-0.1, -0.05) is 0 Å². The van der Waals surface area contributed by atoms with Gasteiger partial charge in [0.15, 0.2) is 0 Å². The van der Waals surface area contributed by atoms with Gasteiger partial charge >= 0.3 is 0 Å². The van der Waals surface area contributed by atoms with E-state index in [9.17, 15) is 9.59 Å². The summed E-state index contributed by atoms with van der Waals surface area (Å²) in [6, 6.07) is 10.6. The van der Waals surface area contributed by atoms with Crippen molar-refractivity contribution in [2.75, 3.05) is 18.4 Å². The standard InChI is InChI=1S/C20H22N6O2.ClH/c1-14-13-17(27)25-18(23-14)15-3-5-16(6-4-15)24-19(28)20(7-10-21-11-8-20)26-12-2-9-22-26;/h2-6,9,12-13,21H,7-8,10-11H2,1H3,(H,24,28)(H,23,25,27);1H. The van der Waals surface area contributed by atoms with Crippen LogP contribution < -0.4 is 16.2 Å². The van der Waals surface area contributed by atoms with Crippen LogP contribution in [-0.4, -0.2) is 38.7 Å². The molecule has 2 aromatic heterocycles. The molecule has 0 atom stereocenters. The Hall–Kier alpha value is -2.97. The summed E-state index contributed by atoms with van der Waals surface area (Å²) in [5, 5.41) is 10.7. The van der Waals surface area contributed by atoms with Crippen LogP contribution >= 0.6 is 12.4 Å². The highest BCUT2D eigenvalue weighted by Gasteiger charge is 2.42. The van der Waals surface area contributed by atoms with Crippen molar-refractivity contribution in [1.82, 2.24) is 25.1 Å². The summed E-state index contributed by atoms with van der Waals surface area (Å²) in [5.74, 6) is 0.432. The summed E-state index contributed by atoms with van der Waals surface area (Å²) in [7, 11) is 0. The number of halogens is 1. The number of H-pyrrole nitrogens is 1. The van der Waals surface area contributed by atoms with Crippen molar-refractivity contribution >= 4 is 24.0 Å². The Morgan fingerprint density at radius 2 is 1.93 bits per heavy atom. The lowest BCUT2D eigenvalue weighted by molar-refractivity contribution is -0.126. The smallest absolute Gasteiger partial charge is 0.252 e. The lowest BCUT2D eigenvalue weighted by Gasteiger charge is -2.36. The number of aromatic nitrogens is 4. The third kappa shape index (κ3) is 4.23. The van der Waals surface area contributed by atoms with Crippen LogP contribution in [0.5, 0.6) is 0 Å². The van der Waals surface area contributed by atoms with Crippen LogP contribution in [0.2, 0.25) is 0 Å². The zero-order valence-corrected chi connectivity index (χ0v) is 16.8. The van der Waals surface area contributed by atoms with E-state index in [4.69, 9.17) is 0 Å². The highest BCUT2D eigenvalue weighted by Crippen LogP contribution is 2.29. The summed E-state index contributed by atoms with van der Waals surface area (Å²) in [5.41, 5.74) is 1.24. The fourth-order valence-corrected chi connectivity index (χ4v) is 3.60. The van der Waals surface area contributed by atoms with Gasteiger partial charge < -0.3 is 15.6 Å². The maximum atomic E-state index is 13.2. The molecule has 0 unspecified atom stereocenters. The minimum absolute atomic E-state index is 0. The van der Waals surface area contributed by atoms with Crippen molar-refractivity contribution in [2.24, 2.45) is 0 Å². The quantitative estimate of drug-likeness (QED) is 0.606. The Morgan fingerprint density at radius 1 is 1.21 bits per heavy atom. The first-order chi connectivity index (χ1) is 13.6. The lowest BCUT2D eigenvalue weighted by atomic mass is 9.87. The molecule has 0 spiro atoms. The molecule has 1 aromatic carbocycles. The maximum Gasteiger partial charge on any atom is 0.252 e. The molecular formula is C20H23ClN6O2. The summed E-state index contributed by atoms with van der Waals surface area (Å²) >= 11 is 0. The van der Waals surface area contributed by atoms with Gasteiger partial charge in [0.25, 0.3) is 11.5 Å². The molecule has 29 heavy (non-hydrogen) atoms. The van der Waals surface area contributed by atoms with E-state index < -0.39 is 5.54 Å². The predicted molar refractivity (Wildman–Crippen MR) is 113 cm³/mol. The van der Waals surface area contributed by atoms with Gasteiger partial charge in [0.2, 0.25) is 0 Å². The van der Waals surface area contributed by atoms with E-state index in [1.165, 1.54) is 6.07 Å². The second-order valence-electron chi connectivity index (χ2n) is 7.00. The molecule has 1 amide bonds. The molecule has 1 aliphatic heterocycles. The van der Waals surface area contributed by atoms with Crippen LogP contribution in [0.15, 0.2) is 53.6 Å². The first-order valence-corrected chi connectivity index (χ1v) is 9.28. The van der Waals surface area contributed by atoms with Crippen molar-refractivity contribution in [3.8, 4) is 11.4 Å². The first kappa shape index (κ1) is 20.8. The minimum Gasteiger partial charge on any atom is -0.324 e. The van der Waals surface area contributed by atoms with E-state index in [2.05, 4.69) is 25.7 Å². The molecule has 152 valence electrons. The van der Waals surface area contributed by atoms with Crippen molar-refractivity contribution in [3.05, 3.63) is 64.8 Å². The molecule has 9 heteroatoms. The highest BCUT2D eigenvalue weighted by atomic mass is 35.5. The van der Waals surface area contributed by atoms with E-state index in [-0.39, 0.29) is 23.9 Å². The SMILES string of the molecule is Cc1cc(=O)[nH]c(-c2ccc(NC(=O)C3(n4cccn4)CCNCC3)cc2)n1.Cl.